The molecule has 20 heavy (non-hydrogen) atoms. The van der Waals surface area contributed by atoms with Crippen molar-refractivity contribution in [3.8, 4) is 0 Å². The lowest BCUT2D eigenvalue weighted by Crippen LogP contribution is -2.45. The molecule has 1 aliphatic heterocycles. The summed E-state index contributed by atoms with van der Waals surface area (Å²) < 4.78 is 5.70. The Kier molecular flexibility index (Phi) is 5.57. The summed E-state index contributed by atoms with van der Waals surface area (Å²) in [4.78, 5) is 16.4. The lowest BCUT2D eigenvalue weighted by molar-refractivity contribution is 0.0600. The minimum absolute atomic E-state index is 0.297. The third-order valence-electron chi connectivity index (χ3n) is 3.78. The molecule has 5 heteroatoms. The average Bonchev–Trinajstić information content (AvgIpc) is 2.49. The fraction of sp³-hybridized carbons (Fsp3) is 0.533. The second-order valence-electron chi connectivity index (χ2n) is 5.01. The van der Waals surface area contributed by atoms with E-state index >= 15 is 0 Å². The van der Waals surface area contributed by atoms with Crippen molar-refractivity contribution in [3.63, 3.8) is 0 Å². The molecule has 0 N–H and O–H groups in total. The molecular weight excluding hydrogens is 320 g/mol. The Morgan fingerprint density at radius 3 is 2.45 bits per heavy atom. The van der Waals surface area contributed by atoms with Crippen LogP contribution in [0.3, 0.4) is 0 Å². The molecule has 1 aromatic rings. The molecule has 0 saturated carbocycles. The Morgan fingerprint density at radius 1 is 1.25 bits per heavy atom. The molecule has 0 bridgehead atoms. The number of nitrogens with zero attached hydrogens (tertiary/aromatic N) is 2. The number of likely N-dealkylation sites (N-methyl/N-ethyl adjacent to an activating group) is 1. The first kappa shape index (κ1) is 15.5. The summed E-state index contributed by atoms with van der Waals surface area (Å²) in [5.74, 6) is -0.297. The highest BCUT2D eigenvalue weighted by molar-refractivity contribution is 9.10. The zero-order chi connectivity index (χ0) is 14.5. The molecule has 1 aromatic carbocycles. The maximum atomic E-state index is 11.5. The summed E-state index contributed by atoms with van der Waals surface area (Å²) >= 11 is 3.55. The number of benzene rings is 1. The first-order valence-electron chi connectivity index (χ1n) is 6.95. The van der Waals surface area contributed by atoms with Gasteiger partial charge in [-0.3, -0.25) is 4.90 Å². The van der Waals surface area contributed by atoms with Crippen molar-refractivity contribution in [3.05, 3.63) is 33.8 Å². The minimum Gasteiger partial charge on any atom is -0.465 e. The number of esters is 1. The number of carbonyl (C=O) groups excluding carboxylic acids is 1. The largest absolute Gasteiger partial charge is 0.465 e. The minimum atomic E-state index is -0.297. The normalized spacial score (nSPS) is 17.1. The maximum absolute atomic E-state index is 11.5. The van der Waals surface area contributed by atoms with Gasteiger partial charge in [0.2, 0.25) is 0 Å². The number of rotatable bonds is 4. The summed E-state index contributed by atoms with van der Waals surface area (Å²) in [6, 6.07) is 5.67. The number of hydrogen-bond donors (Lipinski definition) is 0. The predicted octanol–water partition coefficient (Wildman–Crippen LogP) is 2.37. The van der Waals surface area contributed by atoms with E-state index in [1.165, 1.54) is 12.7 Å². The van der Waals surface area contributed by atoms with Crippen LogP contribution in [0.25, 0.3) is 0 Å². The van der Waals surface area contributed by atoms with Gasteiger partial charge in [0.25, 0.3) is 0 Å². The Labute approximate surface area is 128 Å². The van der Waals surface area contributed by atoms with E-state index in [4.69, 9.17) is 4.74 Å². The fourth-order valence-corrected chi connectivity index (χ4v) is 2.93. The van der Waals surface area contributed by atoms with Gasteiger partial charge in [0.05, 0.1) is 12.7 Å². The summed E-state index contributed by atoms with van der Waals surface area (Å²) in [7, 11) is 1.40. The highest BCUT2D eigenvalue weighted by Crippen LogP contribution is 2.21. The van der Waals surface area contributed by atoms with Gasteiger partial charge >= 0.3 is 5.97 Å². The standard InChI is InChI=1S/C15H21BrN2O2/c1-3-17-6-8-18(9-7-17)11-13-5-4-12(10-14(13)16)15(19)20-2/h4-5,10H,3,6-9,11H2,1-2H3. The van der Waals surface area contributed by atoms with Crippen LogP contribution in [0.15, 0.2) is 22.7 Å². The number of methoxy groups -OCH3 is 1. The molecule has 0 unspecified atom stereocenters. The van der Waals surface area contributed by atoms with Gasteiger partial charge in [-0.25, -0.2) is 4.79 Å². The van der Waals surface area contributed by atoms with Crippen molar-refractivity contribution < 1.29 is 9.53 Å². The van der Waals surface area contributed by atoms with Gasteiger partial charge in [0.1, 0.15) is 0 Å². The molecule has 4 nitrogen and oxygen atoms in total. The van der Waals surface area contributed by atoms with E-state index in [9.17, 15) is 4.79 Å². The van der Waals surface area contributed by atoms with Gasteiger partial charge in [-0.1, -0.05) is 28.9 Å². The van der Waals surface area contributed by atoms with Crippen LogP contribution in [-0.2, 0) is 11.3 Å². The highest BCUT2D eigenvalue weighted by Gasteiger charge is 2.17. The van der Waals surface area contributed by atoms with Gasteiger partial charge in [-0.05, 0) is 24.2 Å². The number of carbonyl (C=O) groups is 1. The second-order valence-corrected chi connectivity index (χ2v) is 5.86. The molecule has 0 radical (unpaired) electrons. The van der Waals surface area contributed by atoms with Crippen LogP contribution in [0, 0.1) is 0 Å². The lowest BCUT2D eigenvalue weighted by atomic mass is 10.1. The average molecular weight is 341 g/mol. The van der Waals surface area contributed by atoms with Crippen molar-refractivity contribution in [2.75, 3.05) is 39.8 Å². The second kappa shape index (κ2) is 7.20. The first-order chi connectivity index (χ1) is 9.63. The van der Waals surface area contributed by atoms with Gasteiger partial charge in [0.15, 0.2) is 0 Å². The number of ether oxygens (including phenoxy) is 1. The molecule has 1 aliphatic rings. The van der Waals surface area contributed by atoms with Crippen LogP contribution in [0.1, 0.15) is 22.8 Å². The van der Waals surface area contributed by atoms with Gasteiger partial charge < -0.3 is 9.64 Å². The number of hydrogen-bond acceptors (Lipinski definition) is 4. The summed E-state index contributed by atoms with van der Waals surface area (Å²) in [6.45, 7) is 8.71. The van der Waals surface area contributed by atoms with Crippen molar-refractivity contribution >= 4 is 21.9 Å². The summed E-state index contributed by atoms with van der Waals surface area (Å²) in [6.07, 6.45) is 0. The van der Waals surface area contributed by atoms with Crippen LogP contribution >= 0.6 is 15.9 Å². The van der Waals surface area contributed by atoms with Crippen molar-refractivity contribution in [2.45, 2.75) is 13.5 Å². The van der Waals surface area contributed by atoms with Crippen molar-refractivity contribution in [2.24, 2.45) is 0 Å². The molecule has 2 rings (SSSR count). The highest BCUT2D eigenvalue weighted by atomic mass is 79.9. The third-order valence-corrected chi connectivity index (χ3v) is 4.52. The SMILES string of the molecule is CCN1CCN(Cc2ccc(C(=O)OC)cc2Br)CC1. The van der Waals surface area contributed by atoms with Gasteiger partial charge in [-0.15, -0.1) is 0 Å². The Balaban J connectivity index is 1.98. The van der Waals surface area contributed by atoms with Crippen molar-refractivity contribution in [1.82, 2.24) is 9.80 Å². The fourth-order valence-electron chi connectivity index (χ4n) is 2.42. The maximum Gasteiger partial charge on any atom is 0.337 e. The Bertz CT molecular complexity index is 471. The molecule has 0 amide bonds. The van der Waals surface area contributed by atoms with Crippen LogP contribution < -0.4 is 0 Å². The molecule has 0 aliphatic carbocycles. The molecule has 1 heterocycles. The summed E-state index contributed by atoms with van der Waals surface area (Å²) in [5, 5.41) is 0. The van der Waals surface area contributed by atoms with E-state index in [1.807, 2.05) is 18.2 Å². The zero-order valence-corrected chi connectivity index (χ0v) is 13.6. The predicted molar refractivity (Wildman–Crippen MR) is 82.9 cm³/mol. The van der Waals surface area contributed by atoms with Crippen LogP contribution in [-0.4, -0.2) is 55.6 Å². The lowest BCUT2D eigenvalue weighted by Gasteiger charge is -2.34. The zero-order valence-electron chi connectivity index (χ0n) is 12.1. The number of halogens is 1. The van der Waals surface area contributed by atoms with Crippen LogP contribution in [0.4, 0.5) is 0 Å². The van der Waals surface area contributed by atoms with E-state index in [1.54, 1.807) is 0 Å². The van der Waals surface area contributed by atoms with E-state index in [2.05, 4.69) is 32.7 Å². The Morgan fingerprint density at radius 2 is 1.90 bits per heavy atom. The topological polar surface area (TPSA) is 32.8 Å². The van der Waals surface area contributed by atoms with Crippen LogP contribution in [0.2, 0.25) is 0 Å². The number of piperazine rings is 1. The van der Waals surface area contributed by atoms with E-state index in [0.717, 1.165) is 43.7 Å². The molecular formula is C15H21BrN2O2. The van der Waals surface area contributed by atoms with Gasteiger partial charge in [-0.2, -0.15) is 0 Å². The molecule has 0 atom stereocenters. The molecule has 1 fully saturated rings. The van der Waals surface area contributed by atoms with Crippen LogP contribution in [0.5, 0.6) is 0 Å². The third kappa shape index (κ3) is 3.81. The van der Waals surface area contributed by atoms with E-state index in [0.29, 0.717) is 5.56 Å². The van der Waals surface area contributed by atoms with E-state index < -0.39 is 0 Å². The molecule has 110 valence electrons. The van der Waals surface area contributed by atoms with E-state index in [-0.39, 0.29) is 5.97 Å². The Hall–Kier alpha value is -0.910. The smallest absolute Gasteiger partial charge is 0.337 e. The quantitative estimate of drug-likeness (QED) is 0.788. The first-order valence-corrected chi connectivity index (χ1v) is 7.74. The van der Waals surface area contributed by atoms with Crippen molar-refractivity contribution in [1.29, 1.82) is 0 Å². The molecule has 0 aromatic heterocycles. The summed E-state index contributed by atoms with van der Waals surface area (Å²) in [5.41, 5.74) is 1.79. The molecule has 0 spiro atoms. The molecule has 1 saturated heterocycles. The van der Waals surface area contributed by atoms with Gasteiger partial charge in [0, 0.05) is 37.2 Å². The monoisotopic (exact) mass is 340 g/mol.